The third-order valence-electron chi connectivity index (χ3n) is 5.60. The zero-order valence-electron chi connectivity index (χ0n) is 18.9. The molecule has 0 aliphatic carbocycles. The van der Waals surface area contributed by atoms with E-state index in [0.717, 1.165) is 0 Å². The molecule has 0 bridgehead atoms. The Bertz CT molecular complexity index is 1280. The van der Waals surface area contributed by atoms with E-state index in [1.54, 1.807) is 42.6 Å². The average Bonchev–Trinajstić information content (AvgIpc) is 3.35. The van der Waals surface area contributed by atoms with Crippen molar-refractivity contribution in [1.82, 2.24) is 20.5 Å². The number of carbonyl (C=O) groups excluding carboxylic acids is 1. The predicted molar refractivity (Wildman–Crippen MR) is 126 cm³/mol. The number of carbonyl (C=O) groups is 1. The molecule has 3 N–H and O–H groups in total. The van der Waals surface area contributed by atoms with Crippen molar-refractivity contribution in [3.8, 4) is 22.5 Å². The number of hydrogen-bond acceptors (Lipinski definition) is 5. The lowest BCUT2D eigenvalue weighted by molar-refractivity contribution is 0.0502. The minimum atomic E-state index is -0.625. The third-order valence-corrected chi connectivity index (χ3v) is 5.60. The number of aliphatic hydroxyl groups excluding tert-OH is 1. The second-order valence-electron chi connectivity index (χ2n) is 7.84. The van der Waals surface area contributed by atoms with Crippen LogP contribution >= 0.6 is 0 Å². The summed E-state index contributed by atoms with van der Waals surface area (Å²) in [6.07, 6.45) is 1.19. The number of methoxy groups -OCH3 is 1. The maximum atomic E-state index is 15.0. The number of halogens is 2. The Balaban J connectivity index is 1.65. The van der Waals surface area contributed by atoms with Crippen LogP contribution in [0.15, 0.2) is 72.9 Å². The number of rotatable bonds is 9. The number of amides is 1. The van der Waals surface area contributed by atoms with Gasteiger partial charge in [0.2, 0.25) is 0 Å². The standard InChI is InChI=1S/C26H24F2N4O3/c1-35-25(20-7-2-3-13-29-20)21(12-14-33)30-26(34)18-5-4-6-19(28)24(18)23-15-22(31-32-23)16-8-10-17(27)11-9-16/h2-11,13,15,21,25,33H,12,14H2,1H3,(H,30,34)(H,31,32)/t21-,25?/m0/s1. The number of aromatic nitrogens is 3. The number of aliphatic hydroxyl groups is 1. The van der Waals surface area contributed by atoms with Gasteiger partial charge in [-0.3, -0.25) is 14.9 Å². The molecular formula is C26H24F2N4O3. The van der Waals surface area contributed by atoms with Crippen molar-refractivity contribution in [3.05, 3.63) is 95.8 Å². The van der Waals surface area contributed by atoms with Gasteiger partial charge >= 0.3 is 0 Å². The van der Waals surface area contributed by atoms with Gasteiger partial charge in [0.05, 0.1) is 28.7 Å². The Morgan fingerprint density at radius 2 is 1.91 bits per heavy atom. The van der Waals surface area contributed by atoms with Crippen LogP contribution in [0.1, 0.15) is 28.6 Å². The first kappa shape index (κ1) is 24.2. The second kappa shape index (κ2) is 11.0. The van der Waals surface area contributed by atoms with Crippen molar-refractivity contribution >= 4 is 5.91 Å². The summed E-state index contributed by atoms with van der Waals surface area (Å²) >= 11 is 0. The van der Waals surface area contributed by atoms with E-state index in [-0.39, 0.29) is 30.0 Å². The van der Waals surface area contributed by atoms with E-state index in [0.29, 0.717) is 22.6 Å². The van der Waals surface area contributed by atoms with Crippen LogP contribution in [0.2, 0.25) is 0 Å². The van der Waals surface area contributed by atoms with Crippen LogP contribution in [0.25, 0.3) is 22.5 Å². The fourth-order valence-electron chi connectivity index (χ4n) is 3.93. The molecule has 4 rings (SSSR count). The number of ether oxygens (including phenoxy) is 1. The van der Waals surface area contributed by atoms with E-state index in [2.05, 4.69) is 20.5 Å². The molecule has 0 saturated heterocycles. The van der Waals surface area contributed by atoms with Gasteiger partial charge in [-0.15, -0.1) is 0 Å². The van der Waals surface area contributed by atoms with Gasteiger partial charge in [0, 0.05) is 31.0 Å². The van der Waals surface area contributed by atoms with Gasteiger partial charge in [0.1, 0.15) is 17.7 Å². The second-order valence-corrected chi connectivity index (χ2v) is 7.84. The molecular weight excluding hydrogens is 454 g/mol. The Labute approximate surface area is 200 Å². The summed E-state index contributed by atoms with van der Waals surface area (Å²) < 4.78 is 33.8. The lowest BCUT2D eigenvalue weighted by Gasteiger charge is -2.26. The number of hydrogen-bond donors (Lipinski definition) is 3. The maximum Gasteiger partial charge on any atom is 0.252 e. The van der Waals surface area contributed by atoms with Crippen LogP contribution in [-0.4, -0.2) is 46.0 Å². The highest BCUT2D eigenvalue weighted by Crippen LogP contribution is 2.30. The monoisotopic (exact) mass is 478 g/mol. The maximum absolute atomic E-state index is 15.0. The quantitative estimate of drug-likeness (QED) is 0.333. The largest absolute Gasteiger partial charge is 0.396 e. The molecule has 0 spiro atoms. The van der Waals surface area contributed by atoms with Crippen LogP contribution in [0, 0.1) is 11.6 Å². The molecule has 2 atom stereocenters. The first-order chi connectivity index (χ1) is 17.0. The Hall–Kier alpha value is -3.95. The molecule has 0 aliphatic heterocycles. The van der Waals surface area contributed by atoms with Crippen molar-refractivity contribution < 1.29 is 23.4 Å². The summed E-state index contributed by atoms with van der Waals surface area (Å²) in [5.74, 6) is -1.54. The summed E-state index contributed by atoms with van der Waals surface area (Å²) in [7, 11) is 1.49. The molecule has 2 heterocycles. The third kappa shape index (κ3) is 5.42. The summed E-state index contributed by atoms with van der Waals surface area (Å²) in [5, 5.41) is 19.4. The predicted octanol–water partition coefficient (Wildman–Crippen LogP) is 4.29. The SMILES string of the molecule is COC(c1ccccn1)[C@H](CCO)NC(=O)c1cccc(F)c1-c1cc(-c2ccc(F)cc2)n[nH]1. The van der Waals surface area contributed by atoms with Gasteiger partial charge in [-0.1, -0.05) is 12.1 Å². The zero-order valence-corrected chi connectivity index (χ0v) is 18.9. The Morgan fingerprint density at radius 1 is 1.11 bits per heavy atom. The van der Waals surface area contributed by atoms with Crippen LogP contribution < -0.4 is 5.32 Å². The Morgan fingerprint density at radius 3 is 2.60 bits per heavy atom. The fraction of sp³-hybridized carbons (Fsp3) is 0.192. The van der Waals surface area contributed by atoms with Crippen molar-refractivity contribution in [2.75, 3.05) is 13.7 Å². The molecule has 2 aromatic carbocycles. The first-order valence-corrected chi connectivity index (χ1v) is 11.0. The first-order valence-electron chi connectivity index (χ1n) is 11.0. The lowest BCUT2D eigenvalue weighted by atomic mass is 9.99. The summed E-state index contributed by atoms with van der Waals surface area (Å²) in [6.45, 7) is -0.199. The molecule has 0 aliphatic rings. The van der Waals surface area contributed by atoms with Gasteiger partial charge in [0.15, 0.2) is 0 Å². The van der Waals surface area contributed by atoms with Crippen LogP contribution in [0.5, 0.6) is 0 Å². The molecule has 1 unspecified atom stereocenters. The molecule has 35 heavy (non-hydrogen) atoms. The van der Waals surface area contributed by atoms with Gasteiger partial charge in [-0.2, -0.15) is 5.10 Å². The summed E-state index contributed by atoms with van der Waals surface area (Å²) in [5.41, 5.74) is 2.11. The number of benzene rings is 2. The minimum absolute atomic E-state index is 0.0420. The number of nitrogens with one attached hydrogen (secondary N) is 2. The molecule has 7 nitrogen and oxygen atoms in total. The van der Waals surface area contributed by atoms with Crippen molar-refractivity contribution in [2.24, 2.45) is 0 Å². The van der Waals surface area contributed by atoms with Gasteiger partial charge < -0.3 is 15.2 Å². The molecule has 0 fully saturated rings. The normalized spacial score (nSPS) is 12.8. The fourth-order valence-corrected chi connectivity index (χ4v) is 3.93. The van der Waals surface area contributed by atoms with Crippen LogP contribution in [-0.2, 0) is 4.74 Å². The molecule has 2 aromatic heterocycles. The number of H-pyrrole nitrogens is 1. The van der Waals surface area contributed by atoms with E-state index in [4.69, 9.17) is 4.74 Å². The molecule has 0 radical (unpaired) electrons. The van der Waals surface area contributed by atoms with Crippen molar-refractivity contribution in [3.63, 3.8) is 0 Å². The minimum Gasteiger partial charge on any atom is -0.396 e. The smallest absolute Gasteiger partial charge is 0.252 e. The molecule has 9 heteroatoms. The van der Waals surface area contributed by atoms with Crippen LogP contribution in [0.3, 0.4) is 0 Å². The highest BCUT2D eigenvalue weighted by atomic mass is 19.1. The topological polar surface area (TPSA) is 100 Å². The van der Waals surface area contributed by atoms with Gasteiger partial charge in [0.25, 0.3) is 5.91 Å². The molecule has 1 amide bonds. The number of nitrogens with zero attached hydrogens (tertiary/aromatic N) is 2. The van der Waals surface area contributed by atoms with Crippen molar-refractivity contribution in [2.45, 2.75) is 18.6 Å². The van der Waals surface area contributed by atoms with E-state index in [9.17, 15) is 18.7 Å². The zero-order chi connectivity index (χ0) is 24.8. The van der Waals surface area contributed by atoms with E-state index in [1.165, 1.54) is 37.4 Å². The van der Waals surface area contributed by atoms with E-state index in [1.807, 2.05) is 0 Å². The summed E-state index contributed by atoms with van der Waals surface area (Å²) in [4.78, 5) is 17.6. The van der Waals surface area contributed by atoms with Gasteiger partial charge in [-0.25, -0.2) is 8.78 Å². The number of pyridine rings is 1. The lowest BCUT2D eigenvalue weighted by Crippen LogP contribution is -2.41. The van der Waals surface area contributed by atoms with E-state index >= 15 is 0 Å². The summed E-state index contributed by atoms with van der Waals surface area (Å²) in [6, 6.07) is 16.2. The molecule has 180 valence electrons. The van der Waals surface area contributed by atoms with Crippen molar-refractivity contribution in [1.29, 1.82) is 0 Å². The van der Waals surface area contributed by atoms with Gasteiger partial charge in [-0.05, 0) is 61.0 Å². The average molecular weight is 478 g/mol. The van der Waals surface area contributed by atoms with E-state index < -0.39 is 23.9 Å². The molecule has 0 saturated carbocycles. The van der Waals surface area contributed by atoms with Crippen LogP contribution in [0.4, 0.5) is 8.78 Å². The highest BCUT2D eigenvalue weighted by molar-refractivity contribution is 6.01. The molecule has 4 aromatic rings. The highest BCUT2D eigenvalue weighted by Gasteiger charge is 2.28. The Kier molecular flexibility index (Phi) is 7.59. The number of aromatic amines is 1.